The SMILES string of the molecule is CCO[Si](OC)(OC)c1ccccc1. The second-order valence-electron chi connectivity index (χ2n) is 2.76. The summed E-state index contributed by atoms with van der Waals surface area (Å²) in [6, 6.07) is 9.80. The highest BCUT2D eigenvalue weighted by Gasteiger charge is 2.41. The van der Waals surface area contributed by atoms with Gasteiger partial charge in [-0.3, -0.25) is 0 Å². The zero-order valence-corrected chi connectivity index (χ0v) is 9.82. The molecule has 0 saturated heterocycles. The normalized spacial score (nSPS) is 11.6. The summed E-state index contributed by atoms with van der Waals surface area (Å²) in [6.45, 7) is 2.52. The van der Waals surface area contributed by atoms with Gasteiger partial charge in [0.25, 0.3) is 0 Å². The lowest BCUT2D eigenvalue weighted by atomic mass is 10.4. The van der Waals surface area contributed by atoms with E-state index >= 15 is 0 Å². The van der Waals surface area contributed by atoms with Gasteiger partial charge >= 0.3 is 8.80 Å². The van der Waals surface area contributed by atoms with Crippen LogP contribution in [0, 0.1) is 0 Å². The molecule has 0 aliphatic carbocycles. The van der Waals surface area contributed by atoms with E-state index in [1.54, 1.807) is 14.2 Å². The zero-order chi connectivity index (χ0) is 10.4. The molecule has 1 rings (SSSR count). The van der Waals surface area contributed by atoms with Crippen LogP contribution in [0.4, 0.5) is 0 Å². The predicted octanol–water partition coefficient (Wildman–Crippen LogP) is 1.16. The molecule has 78 valence electrons. The third-order valence-corrected chi connectivity index (χ3v) is 4.78. The van der Waals surface area contributed by atoms with Crippen LogP contribution in [-0.4, -0.2) is 29.6 Å². The molecule has 3 nitrogen and oxygen atoms in total. The van der Waals surface area contributed by atoms with Crippen LogP contribution in [0.3, 0.4) is 0 Å². The van der Waals surface area contributed by atoms with E-state index in [1.165, 1.54) is 0 Å². The van der Waals surface area contributed by atoms with Gasteiger partial charge < -0.3 is 13.3 Å². The number of hydrogen-bond donors (Lipinski definition) is 0. The molecule has 4 heteroatoms. The molecule has 0 aliphatic heterocycles. The lowest BCUT2D eigenvalue weighted by Crippen LogP contribution is -2.55. The molecule has 0 unspecified atom stereocenters. The highest BCUT2D eigenvalue weighted by atomic mass is 28.4. The van der Waals surface area contributed by atoms with Gasteiger partial charge in [0.15, 0.2) is 0 Å². The molecule has 0 bridgehead atoms. The van der Waals surface area contributed by atoms with E-state index in [1.807, 2.05) is 37.3 Å². The van der Waals surface area contributed by atoms with Gasteiger partial charge in [-0.2, -0.15) is 0 Å². The lowest BCUT2D eigenvalue weighted by Gasteiger charge is -2.25. The van der Waals surface area contributed by atoms with Crippen LogP contribution in [0.15, 0.2) is 30.3 Å². The van der Waals surface area contributed by atoms with Crippen molar-refractivity contribution in [2.75, 3.05) is 20.8 Å². The van der Waals surface area contributed by atoms with Crippen molar-refractivity contribution >= 4 is 14.0 Å². The van der Waals surface area contributed by atoms with Crippen molar-refractivity contribution < 1.29 is 13.3 Å². The molecule has 0 aromatic heterocycles. The quantitative estimate of drug-likeness (QED) is 0.686. The Balaban J connectivity index is 2.98. The number of hydrogen-bond acceptors (Lipinski definition) is 3. The van der Waals surface area contributed by atoms with E-state index in [4.69, 9.17) is 13.3 Å². The maximum atomic E-state index is 5.61. The molecule has 1 aromatic carbocycles. The van der Waals surface area contributed by atoms with Crippen molar-refractivity contribution in [1.29, 1.82) is 0 Å². The van der Waals surface area contributed by atoms with Crippen LogP contribution < -0.4 is 5.19 Å². The third kappa shape index (κ3) is 2.22. The van der Waals surface area contributed by atoms with Gasteiger partial charge in [0.1, 0.15) is 0 Å². The van der Waals surface area contributed by atoms with Crippen LogP contribution in [0.1, 0.15) is 6.92 Å². The van der Waals surface area contributed by atoms with Crippen molar-refractivity contribution in [3.63, 3.8) is 0 Å². The first-order valence-electron chi connectivity index (χ1n) is 4.59. The maximum Gasteiger partial charge on any atom is 0.536 e. The van der Waals surface area contributed by atoms with Crippen LogP contribution >= 0.6 is 0 Å². The van der Waals surface area contributed by atoms with Crippen molar-refractivity contribution in [2.24, 2.45) is 0 Å². The molecule has 0 radical (unpaired) electrons. The fourth-order valence-electron chi connectivity index (χ4n) is 1.35. The van der Waals surface area contributed by atoms with Gasteiger partial charge in [-0.1, -0.05) is 30.3 Å². The molecule has 0 N–H and O–H groups in total. The summed E-state index contributed by atoms with van der Waals surface area (Å²) < 4.78 is 16.4. The molecule has 0 spiro atoms. The van der Waals surface area contributed by atoms with Gasteiger partial charge in [0.05, 0.1) is 0 Å². The van der Waals surface area contributed by atoms with E-state index in [2.05, 4.69) is 0 Å². The van der Waals surface area contributed by atoms with Crippen molar-refractivity contribution in [2.45, 2.75) is 6.92 Å². The van der Waals surface area contributed by atoms with Crippen LogP contribution in [0.2, 0.25) is 0 Å². The summed E-state index contributed by atoms with van der Waals surface area (Å²) in [5, 5.41) is 0.992. The zero-order valence-electron chi connectivity index (χ0n) is 8.82. The predicted molar refractivity (Wildman–Crippen MR) is 57.5 cm³/mol. The van der Waals surface area contributed by atoms with E-state index in [9.17, 15) is 0 Å². The number of rotatable bonds is 5. The van der Waals surface area contributed by atoms with Gasteiger partial charge in [-0.15, -0.1) is 0 Å². The Kier molecular flexibility index (Phi) is 4.28. The fourth-order valence-corrected chi connectivity index (χ4v) is 3.37. The Morgan fingerprint density at radius 3 is 2.07 bits per heavy atom. The van der Waals surface area contributed by atoms with Gasteiger partial charge in [0, 0.05) is 26.0 Å². The minimum Gasteiger partial charge on any atom is -0.373 e. The van der Waals surface area contributed by atoms with Crippen LogP contribution in [0.5, 0.6) is 0 Å². The molecule has 1 aromatic rings. The van der Waals surface area contributed by atoms with E-state index in [-0.39, 0.29) is 0 Å². The van der Waals surface area contributed by atoms with Gasteiger partial charge in [-0.05, 0) is 6.92 Å². The second kappa shape index (κ2) is 5.26. The summed E-state index contributed by atoms with van der Waals surface area (Å²) in [6.07, 6.45) is 0. The Morgan fingerprint density at radius 1 is 1.07 bits per heavy atom. The first-order valence-corrected chi connectivity index (χ1v) is 6.31. The Bertz CT molecular complexity index is 259. The topological polar surface area (TPSA) is 27.7 Å². The monoisotopic (exact) mass is 212 g/mol. The first kappa shape index (κ1) is 11.4. The summed E-state index contributed by atoms with van der Waals surface area (Å²) in [7, 11) is 0.627. The van der Waals surface area contributed by atoms with Crippen LogP contribution in [0.25, 0.3) is 0 Å². The maximum absolute atomic E-state index is 5.61. The van der Waals surface area contributed by atoms with E-state index in [0.29, 0.717) is 6.61 Å². The van der Waals surface area contributed by atoms with Crippen molar-refractivity contribution in [3.05, 3.63) is 30.3 Å². The highest BCUT2D eigenvalue weighted by molar-refractivity contribution is 6.75. The first-order chi connectivity index (χ1) is 6.79. The molecule has 0 heterocycles. The Labute approximate surface area is 86.0 Å². The second-order valence-corrected chi connectivity index (χ2v) is 5.56. The van der Waals surface area contributed by atoms with Crippen LogP contribution in [-0.2, 0) is 13.3 Å². The molecular formula is C10H16O3Si. The lowest BCUT2D eigenvalue weighted by molar-refractivity contribution is 0.120. The summed E-state index contributed by atoms with van der Waals surface area (Å²) >= 11 is 0. The number of benzene rings is 1. The average molecular weight is 212 g/mol. The molecule has 0 atom stereocenters. The largest absolute Gasteiger partial charge is 0.536 e. The Hall–Kier alpha value is -0.683. The molecule has 0 aliphatic rings. The standard InChI is InChI=1S/C10H16O3Si/c1-4-13-14(11-2,12-3)10-8-6-5-7-9-10/h5-9H,4H2,1-3H3. The molecule has 0 saturated carbocycles. The fraction of sp³-hybridized carbons (Fsp3) is 0.400. The summed E-state index contributed by atoms with van der Waals surface area (Å²) in [5.74, 6) is 0. The highest BCUT2D eigenvalue weighted by Crippen LogP contribution is 2.07. The Morgan fingerprint density at radius 2 is 1.64 bits per heavy atom. The molecular weight excluding hydrogens is 196 g/mol. The van der Waals surface area contributed by atoms with Gasteiger partial charge in [-0.25, -0.2) is 0 Å². The van der Waals surface area contributed by atoms with Crippen molar-refractivity contribution in [1.82, 2.24) is 0 Å². The smallest absolute Gasteiger partial charge is 0.373 e. The van der Waals surface area contributed by atoms with Gasteiger partial charge in [0.2, 0.25) is 0 Å². The summed E-state index contributed by atoms with van der Waals surface area (Å²) in [4.78, 5) is 0. The van der Waals surface area contributed by atoms with Crippen molar-refractivity contribution in [3.8, 4) is 0 Å². The van der Waals surface area contributed by atoms with E-state index in [0.717, 1.165) is 5.19 Å². The van der Waals surface area contributed by atoms with E-state index < -0.39 is 8.80 Å². The average Bonchev–Trinajstić information content (AvgIpc) is 2.27. The third-order valence-electron chi connectivity index (χ3n) is 2.00. The minimum atomic E-state index is -2.62. The molecule has 0 fully saturated rings. The summed E-state index contributed by atoms with van der Waals surface area (Å²) in [5.41, 5.74) is 0. The molecule has 14 heavy (non-hydrogen) atoms. The minimum absolute atomic E-state index is 0.586. The molecule has 0 amide bonds.